The van der Waals surface area contributed by atoms with Crippen LogP contribution in [-0.4, -0.2) is 18.5 Å². The lowest BCUT2D eigenvalue weighted by molar-refractivity contribution is -0.120. The summed E-state index contributed by atoms with van der Waals surface area (Å²) < 4.78 is 4.97. The van der Waals surface area contributed by atoms with Gasteiger partial charge in [0.25, 0.3) is 0 Å². The minimum Gasteiger partial charge on any atom is -0.365 e. The van der Waals surface area contributed by atoms with Crippen molar-refractivity contribution >= 4 is 17.4 Å². The van der Waals surface area contributed by atoms with E-state index < -0.39 is 5.56 Å². The lowest BCUT2D eigenvalue weighted by atomic mass is 9.96. The van der Waals surface area contributed by atoms with E-state index in [9.17, 15) is 4.79 Å². The Bertz CT molecular complexity index is 297. The van der Waals surface area contributed by atoms with Gasteiger partial charge in [-0.2, -0.15) is 0 Å². The smallest absolute Gasteiger partial charge is 0.144 e. The number of rotatable bonds is 4. The zero-order valence-corrected chi connectivity index (χ0v) is 8.99. The summed E-state index contributed by atoms with van der Waals surface area (Å²) in [6.07, 6.45) is 0. The molecule has 0 radical (unpaired) electrons. The van der Waals surface area contributed by atoms with Gasteiger partial charge in [-0.3, -0.25) is 4.79 Å². The van der Waals surface area contributed by atoms with Gasteiger partial charge in [0.15, 0.2) is 0 Å². The highest BCUT2D eigenvalue weighted by Crippen LogP contribution is 2.24. The van der Waals surface area contributed by atoms with E-state index >= 15 is 0 Å². The number of benzene rings is 1. The topological polar surface area (TPSA) is 26.3 Å². The average Bonchev–Trinajstić information content (AvgIpc) is 2.19. The van der Waals surface area contributed by atoms with E-state index in [2.05, 4.69) is 0 Å². The molecule has 0 heterocycles. The van der Waals surface area contributed by atoms with Crippen LogP contribution in [0.15, 0.2) is 30.3 Å². The first-order valence-corrected chi connectivity index (χ1v) is 4.82. The minimum absolute atomic E-state index is 0.0121. The number of carbonyl (C=O) groups is 1. The first kappa shape index (κ1) is 11.2. The largest absolute Gasteiger partial charge is 0.365 e. The van der Waals surface area contributed by atoms with Gasteiger partial charge in [0.2, 0.25) is 0 Å². The second-order valence-corrected chi connectivity index (χ2v) is 3.52. The van der Waals surface area contributed by atoms with E-state index in [1.807, 2.05) is 30.3 Å². The molecule has 0 bridgehead atoms. The molecule has 2 unspecified atom stereocenters. The van der Waals surface area contributed by atoms with Crippen molar-refractivity contribution in [2.24, 2.45) is 0 Å². The number of Topliss-reactive ketones (excluding diaryl/α,β-unsaturated/α-hetero) is 1. The standard InChI is InChI=1S/C11H13ClO2/c1-8(13)10(11(12)14-2)9-6-4-3-5-7-9/h3-7,10-11H,1-2H3. The Morgan fingerprint density at radius 2 is 1.93 bits per heavy atom. The van der Waals surface area contributed by atoms with Crippen molar-refractivity contribution in [1.29, 1.82) is 0 Å². The van der Waals surface area contributed by atoms with Crippen LogP contribution in [0.25, 0.3) is 0 Å². The molecule has 1 rings (SSSR count). The normalized spacial score (nSPS) is 14.8. The van der Waals surface area contributed by atoms with Crippen molar-refractivity contribution in [2.75, 3.05) is 7.11 Å². The summed E-state index contributed by atoms with van der Waals surface area (Å²) in [6, 6.07) is 9.41. The van der Waals surface area contributed by atoms with E-state index in [1.54, 1.807) is 0 Å². The first-order chi connectivity index (χ1) is 6.66. The van der Waals surface area contributed by atoms with Crippen LogP contribution in [0.4, 0.5) is 0 Å². The fourth-order valence-electron chi connectivity index (χ4n) is 1.37. The van der Waals surface area contributed by atoms with Crippen molar-refractivity contribution in [3.63, 3.8) is 0 Å². The summed E-state index contributed by atoms with van der Waals surface area (Å²) in [6.45, 7) is 1.52. The van der Waals surface area contributed by atoms with Gasteiger partial charge in [-0.05, 0) is 12.5 Å². The molecule has 0 N–H and O–H groups in total. The summed E-state index contributed by atoms with van der Waals surface area (Å²) in [5.74, 6) is -0.374. The van der Waals surface area contributed by atoms with Gasteiger partial charge in [0.05, 0.1) is 5.92 Å². The summed E-state index contributed by atoms with van der Waals surface area (Å²) >= 11 is 5.92. The third-order valence-corrected chi connectivity index (χ3v) is 2.51. The Labute approximate surface area is 88.8 Å². The molecular weight excluding hydrogens is 200 g/mol. The zero-order valence-electron chi connectivity index (χ0n) is 8.24. The molecule has 2 atom stereocenters. The highest BCUT2D eigenvalue weighted by molar-refractivity contribution is 6.21. The van der Waals surface area contributed by atoms with Gasteiger partial charge < -0.3 is 4.74 Å². The maximum Gasteiger partial charge on any atom is 0.144 e. The van der Waals surface area contributed by atoms with Crippen molar-refractivity contribution < 1.29 is 9.53 Å². The molecule has 0 aliphatic carbocycles. The Morgan fingerprint density at radius 3 is 2.36 bits per heavy atom. The summed E-state index contributed by atoms with van der Waals surface area (Å²) in [7, 11) is 1.50. The van der Waals surface area contributed by atoms with Crippen LogP contribution in [0.1, 0.15) is 18.4 Å². The lowest BCUT2D eigenvalue weighted by Gasteiger charge is -2.18. The first-order valence-electron chi connectivity index (χ1n) is 4.39. The molecule has 0 aliphatic rings. The monoisotopic (exact) mass is 212 g/mol. The molecule has 0 fully saturated rings. The fourth-order valence-corrected chi connectivity index (χ4v) is 1.69. The van der Waals surface area contributed by atoms with Crippen molar-refractivity contribution in [3.8, 4) is 0 Å². The number of hydrogen-bond donors (Lipinski definition) is 0. The van der Waals surface area contributed by atoms with Crippen LogP contribution in [0.3, 0.4) is 0 Å². The van der Waals surface area contributed by atoms with E-state index in [0.717, 1.165) is 5.56 Å². The van der Waals surface area contributed by atoms with Crippen molar-refractivity contribution in [3.05, 3.63) is 35.9 Å². The van der Waals surface area contributed by atoms with Crippen molar-refractivity contribution in [2.45, 2.75) is 18.4 Å². The highest BCUT2D eigenvalue weighted by atomic mass is 35.5. The van der Waals surface area contributed by atoms with E-state index in [-0.39, 0.29) is 11.7 Å². The van der Waals surface area contributed by atoms with Gasteiger partial charge >= 0.3 is 0 Å². The number of ketones is 1. The Balaban J connectivity index is 2.95. The van der Waals surface area contributed by atoms with Crippen LogP contribution in [-0.2, 0) is 9.53 Å². The fraction of sp³-hybridized carbons (Fsp3) is 0.364. The molecule has 0 saturated carbocycles. The molecule has 0 amide bonds. The Kier molecular flexibility index (Phi) is 4.11. The molecule has 1 aromatic rings. The Hall–Kier alpha value is -0.860. The van der Waals surface area contributed by atoms with E-state index in [4.69, 9.17) is 16.3 Å². The molecule has 14 heavy (non-hydrogen) atoms. The summed E-state index contributed by atoms with van der Waals surface area (Å²) in [5, 5.41) is 0. The van der Waals surface area contributed by atoms with E-state index in [1.165, 1.54) is 14.0 Å². The molecule has 0 saturated heterocycles. The van der Waals surface area contributed by atoms with Crippen LogP contribution in [0, 0.1) is 0 Å². The SMILES string of the molecule is COC(Cl)C(C(C)=O)c1ccccc1. The molecule has 2 nitrogen and oxygen atoms in total. The molecule has 0 aliphatic heterocycles. The van der Waals surface area contributed by atoms with Crippen molar-refractivity contribution in [1.82, 2.24) is 0 Å². The lowest BCUT2D eigenvalue weighted by Crippen LogP contribution is -2.21. The minimum atomic E-state index is -0.602. The third-order valence-electron chi connectivity index (χ3n) is 2.08. The van der Waals surface area contributed by atoms with Crippen LogP contribution >= 0.6 is 11.6 Å². The molecule has 76 valence electrons. The number of ether oxygens (including phenoxy) is 1. The average molecular weight is 213 g/mol. The van der Waals surface area contributed by atoms with Gasteiger partial charge in [0, 0.05) is 7.11 Å². The maximum absolute atomic E-state index is 11.4. The Morgan fingerprint density at radius 1 is 1.36 bits per heavy atom. The molecule has 3 heteroatoms. The van der Waals surface area contributed by atoms with Crippen LogP contribution in [0.5, 0.6) is 0 Å². The summed E-state index contributed by atoms with van der Waals surface area (Å²) in [4.78, 5) is 11.4. The maximum atomic E-state index is 11.4. The van der Waals surface area contributed by atoms with Crippen LogP contribution < -0.4 is 0 Å². The quantitative estimate of drug-likeness (QED) is 0.718. The number of methoxy groups -OCH3 is 1. The predicted molar refractivity (Wildman–Crippen MR) is 56.5 cm³/mol. The number of halogens is 1. The molecule has 0 aromatic heterocycles. The summed E-state index contributed by atoms with van der Waals surface area (Å²) in [5.41, 5.74) is 0.289. The van der Waals surface area contributed by atoms with Gasteiger partial charge in [0.1, 0.15) is 11.3 Å². The van der Waals surface area contributed by atoms with E-state index in [0.29, 0.717) is 0 Å². The highest BCUT2D eigenvalue weighted by Gasteiger charge is 2.24. The zero-order chi connectivity index (χ0) is 10.6. The molecular formula is C11H13ClO2. The van der Waals surface area contributed by atoms with Gasteiger partial charge in [-0.1, -0.05) is 41.9 Å². The predicted octanol–water partition coefficient (Wildman–Crippen LogP) is 2.57. The second kappa shape index (κ2) is 5.13. The van der Waals surface area contributed by atoms with Gasteiger partial charge in [-0.15, -0.1) is 0 Å². The molecule has 1 aromatic carbocycles. The third kappa shape index (κ3) is 2.56. The number of carbonyl (C=O) groups excluding carboxylic acids is 1. The number of alkyl halides is 1. The number of hydrogen-bond acceptors (Lipinski definition) is 2. The molecule has 0 spiro atoms. The van der Waals surface area contributed by atoms with Gasteiger partial charge in [-0.25, -0.2) is 0 Å². The second-order valence-electron chi connectivity index (χ2n) is 3.09. The van der Waals surface area contributed by atoms with Crippen LogP contribution in [0.2, 0.25) is 0 Å².